The van der Waals surface area contributed by atoms with Gasteiger partial charge in [0.2, 0.25) is 0 Å². The lowest BCUT2D eigenvalue weighted by Gasteiger charge is -2.06. The lowest BCUT2D eigenvalue weighted by Crippen LogP contribution is -2.02. The Labute approximate surface area is 91.2 Å². The summed E-state index contributed by atoms with van der Waals surface area (Å²) >= 11 is 5.92. The first kappa shape index (κ1) is 11.4. The molecule has 0 saturated carbocycles. The van der Waals surface area contributed by atoms with Gasteiger partial charge in [-0.25, -0.2) is 4.79 Å². The first-order valence-corrected chi connectivity index (χ1v) is 4.42. The molecule has 0 spiro atoms. The summed E-state index contributed by atoms with van der Waals surface area (Å²) < 4.78 is 4.55. The Morgan fingerprint density at radius 1 is 1.60 bits per heavy atom. The average molecular weight is 226 g/mol. The van der Waals surface area contributed by atoms with Crippen molar-refractivity contribution in [2.24, 2.45) is 5.11 Å². The van der Waals surface area contributed by atoms with Gasteiger partial charge in [-0.05, 0) is 24.1 Å². The topological polar surface area (TPSA) is 75.1 Å². The first-order valence-electron chi connectivity index (χ1n) is 4.04. The van der Waals surface area contributed by atoms with Gasteiger partial charge in [0.05, 0.1) is 17.7 Å². The molecule has 0 amide bonds. The number of methoxy groups -OCH3 is 1. The van der Waals surface area contributed by atoms with Crippen LogP contribution >= 0.6 is 11.6 Å². The van der Waals surface area contributed by atoms with Crippen molar-refractivity contribution in [3.63, 3.8) is 0 Å². The quantitative estimate of drug-likeness (QED) is 0.335. The Morgan fingerprint density at radius 2 is 2.27 bits per heavy atom. The van der Waals surface area contributed by atoms with Crippen LogP contribution in [0.2, 0.25) is 5.02 Å². The highest BCUT2D eigenvalue weighted by Gasteiger charge is 2.13. The van der Waals surface area contributed by atoms with E-state index in [1.54, 1.807) is 6.92 Å². The monoisotopic (exact) mass is 225 g/mol. The highest BCUT2D eigenvalue weighted by atomic mass is 35.5. The number of esters is 1. The van der Waals surface area contributed by atoms with Crippen molar-refractivity contribution < 1.29 is 9.53 Å². The molecule has 0 bridgehead atoms. The zero-order valence-corrected chi connectivity index (χ0v) is 8.95. The Hall–Kier alpha value is -1.71. The number of benzene rings is 1. The van der Waals surface area contributed by atoms with E-state index in [0.29, 0.717) is 11.3 Å². The van der Waals surface area contributed by atoms with Gasteiger partial charge in [0, 0.05) is 10.6 Å². The van der Waals surface area contributed by atoms with Gasteiger partial charge in [0.1, 0.15) is 0 Å². The van der Waals surface area contributed by atoms with E-state index in [1.807, 2.05) is 0 Å². The van der Waals surface area contributed by atoms with Crippen LogP contribution in [-0.2, 0) is 4.74 Å². The van der Waals surface area contributed by atoms with Crippen LogP contribution < -0.4 is 0 Å². The van der Waals surface area contributed by atoms with Crippen LogP contribution in [0.5, 0.6) is 0 Å². The molecule has 15 heavy (non-hydrogen) atoms. The van der Waals surface area contributed by atoms with Crippen molar-refractivity contribution >= 4 is 23.3 Å². The Bertz CT molecular complexity index is 453. The van der Waals surface area contributed by atoms with Crippen LogP contribution in [0, 0.1) is 6.92 Å². The molecular formula is C9H8ClN3O2. The van der Waals surface area contributed by atoms with Crippen LogP contribution in [-0.4, -0.2) is 13.1 Å². The number of carbonyl (C=O) groups is 1. The maximum absolute atomic E-state index is 11.2. The van der Waals surface area contributed by atoms with Crippen molar-refractivity contribution in [2.45, 2.75) is 6.92 Å². The second kappa shape index (κ2) is 4.68. The molecule has 0 unspecified atom stereocenters. The molecular weight excluding hydrogens is 218 g/mol. The molecule has 0 aliphatic heterocycles. The van der Waals surface area contributed by atoms with Gasteiger partial charge >= 0.3 is 5.97 Å². The summed E-state index contributed by atoms with van der Waals surface area (Å²) in [6.07, 6.45) is 0. The van der Waals surface area contributed by atoms with Gasteiger partial charge in [0.25, 0.3) is 0 Å². The largest absolute Gasteiger partial charge is 0.465 e. The van der Waals surface area contributed by atoms with Gasteiger partial charge in [-0.1, -0.05) is 22.8 Å². The molecule has 0 aromatic heterocycles. The number of ether oxygens (including phenoxy) is 1. The van der Waals surface area contributed by atoms with Crippen LogP contribution in [0.3, 0.4) is 0 Å². The fourth-order valence-electron chi connectivity index (χ4n) is 1.10. The predicted molar refractivity (Wildman–Crippen MR) is 56.3 cm³/mol. The first-order chi connectivity index (χ1) is 7.11. The summed E-state index contributed by atoms with van der Waals surface area (Å²) in [6, 6.07) is 2.98. The standard InChI is InChI=1S/C9H8ClN3O2/c1-5-7(12-13-11)4-3-6(8(5)10)9(14)15-2/h3-4H,1-2H3. The minimum absolute atomic E-state index is 0.242. The maximum Gasteiger partial charge on any atom is 0.339 e. The SMILES string of the molecule is COC(=O)c1ccc(N=[N+]=[N-])c(C)c1Cl. The van der Waals surface area contributed by atoms with Crippen molar-refractivity contribution in [1.82, 2.24) is 0 Å². The molecule has 0 radical (unpaired) electrons. The third kappa shape index (κ3) is 2.21. The number of nitrogens with zero attached hydrogens (tertiary/aromatic N) is 3. The number of azide groups is 1. The van der Waals surface area contributed by atoms with Crippen molar-refractivity contribution in [1.29, 1.82) is 0 Å². The highest BCUT2D eigenvalue weighted by molar-refractivity contribution is 6.34. The smallest absolute Gasteiger partial charge is 0.339 e. The third-order valence-corrected chi connectivity index (χ3v) is 2.40. The summed E-state index contributed by atoms with van der Waals surface area (Å²) in [5, 5.41) is 3.68. The van der Waals surface area contributed by atoms with E-state index < -0.39 is 5.97 Å². The molecule has 1 rings (SSSR count). The molecule has 1 aromatic carbocycles. The van der Waals surface area contributed by atoms with E-state index in [1.165, 1.54) is 19.2 Å². The van der Waals surface area contributed by atoms with Crippen molar-refractivity contribution in [2.75, 3.05) is 7.11 Å². The summed E-state index contributed by atoms with van der Waals surface area (Å²) in [7, 11) is 1.27. The molecule has 0 fully saturated rings. The van der Waals surface area contributed by atoms with E-state index >= 15 is 0 Å². The lowest BCUT2D eigenvalue weighted by molar-refractivity contribution is 0.0601. The zero-order valence-electron chi connectivity index (χ0n) is 8.19. The zero-order chi connectivity index (χ0) is 11.4. The molecule has 0 aliphatic carbocycles. The van der Waals surface area contributed by atoms with Crippen LogP contribution in [0.15, 0.2) is 17.2 Å². The lowest BCUT2D eigenvalue weighted by atomic mass is 10.1. The summed E-state index contributed by atoms with van der Waals surface area (Å²) in [4.78, 5) is 13.9. The minimum Gasteiger partial charge on any atom is -0.465 e. The molecule has 0 saturated heterocycles. The minimum atomic E-state index is -0.518. The van der Waals surface area contributed by atoms with E-state index in [9.17, 15) is 4.79 Å². The van der Waals surface area contributed by atoms with E-state index in [0.717, 1.165) is 0 Å². The van der Waals surface area contributed by atoms with Crippen LogP contribution in [0.1, 0.15) is 15.9 Å². The fourth-order valence-corrected chi connectivity index (χ4v) is 1.34. The number of rotatable bonds is 2. The molecule has 0 atom stereocenters. The summed E-state index contributed by atoms with van der Waals surface area (Å²) in [6.45, 7) is 1.67. The molecule has 5 nitrogen and oxygen atoms in total. The summed E-state index contributed by atoms with van der Waals surface area (Å²) in [5.74, 6) is -0.518. The normalized spacial score (nSPS) is 9.27. The number of hydrogen-bond donors (Lipinski definition) is 0. The maximum atomic E-state index is 11.2. The van der Waals surface area contributed by atoms with Gasteiger partial charge in [-0.15, -0.1) is 0 Å². The molecule has 6 heteroatoms. The molecule has 78 valence electrons. The van der Waals surface area contributed by atoms with Gasteiger partial charge in [-0.2, -0.15) is 0 Å². The Kier molecular flexibility index (Phi) is 3.55. The fraction of sp³-hybridized carbons (Fsp3) is 0.222. The van der Waals surface area contributed by atoms with Crippen molar-refractivity contribution in [3.05, 3.63) is 38.7 Å². The van der Waals surface area contributed by atoms with Crippen LogP contribution in [0.4, 0.5) is 5.69 Å². The summed E-state index contributed by atoms with van der Waals surface area (Å²) in [5.41, 5.74) is 9.49. The van der Waals surface area contributed by atoms with Crippen LogP contribution in [0.25, 0.3) is 10.4 Å². The van der Waals surface area contributed by atoms with Crippen molar-refractivity contribution in [3.8, 4) is 0 Å². The predicted octanol–water partition coefficient (Wildman–Crippen LogP) is 3.38. The second-order valence-electron chi connectivity index (χ2n) is 2.75. The van der Waals surface area contributed by atoms with E-state index in [4.69, 9.17) is 17.1 Å². The Morgan fingerprint density at radius 3 is 2.80 bits per heavy atom. The highest BCUT2D eigenvalue weighted by Crippen LogP contribution is 2.29. The van der Waals surface area contributed by atoms with E-state index in [2.05, 4.69) is 14.8 Å². The second-order valence-corrected chi connectivity index (χ2v) is 3.13. The van der Waals surface area contributed by atoms with Gasteiger partial charge < -0.3 is 4.74 Å². The molecule has 0 aliphatic rings. The molecule has 1 aromatic rings. The van der Waals surface area contributed by atoms with E-state index in [-0.39, 0.29) is 10.6 Å². The average Bonchev–Trinajstić information content (AvgIpc) is 2.24. The number of halogens is 1. The molecule has 0 heterocycles. The van der Waals surface area contributed by atoms with Gasteiger partial charge in [-0.3, -0.25) is 0 Å². The molecule has 0 N–H and O–H groups in total. The number of carbonyl (C=O) groups excluding carboxylic acids is 1. The third-order valence-electron chi connectivity index (χ3n) is 1.92. The number of hydrogen-bond acceptors (Lipinski definition) is 3. The van der Waals surface area contributed by atoms with Gasteiger partial charge in [0.15, 0.2) is 0 Å². The Balaban J connectivity index is 3.33.